The van der Waals surface area contributed by atoms with Crippen LogP contribution in [0.2, 0.25) is 0 Å². The van der Waals surface area contributed by atoms with Gasteiger partial charge in [0.25, 0.3) is 0 Å². The Bertz CT molecular complexity index is 42.2. The SMILES string of the molecule is CC.CC1CC[N-]C1.[K+]. The van der Waals surface area contributed by atoms with Crippen LogP contribution in [-0.2, 0) is 0 Å². The molecule has 1 fully saturated rings. The molecule has 1 nitrogen and oxygen atoms in total. The van der Waals surface area contributed by atoms with Gasteiger partial charge in [0, 0.05) is 0 Å². The van der Waals surface area contributed by atoms with Crippen LogP contribution in [0.4, 0.5) is 0 Å². The van der Waals surface area contributed by atoms with Gasteiger partial charge in [0.2, 0.25) is 0 Å². The minimum absolute atomic E-state index is 0. The normalized spacial score (nSPS) is 23.7. The zero-order chi connectivity index (χ0) is 6.41. The van der Waals surface area contributed by atoms with E-state index in [1.807, 2.05) is 13.8 Å². The van der Waals surface area contributed by atoms with Gasteiger partial charge in [0.15, 0.2) is 0 Å². The molecule has 2 heteroatoms. The van der Waals surface area contributed by atoms with Crippen molar-refractivity contribution in [2.75, 3.05) is 13.1 Å². The van der Waals surface area contributed by atoms with Gasteiger partial charge >= 0.3 is 51.4 Å². The molecule has 0 aromatic heterocycles. The molecule has 1 aliphatic heterocycles. The smallest absolute Gasteiger partial charge is 0.662 e. The van der Waals surface area contributed by atoms with Crippen molar-refractivity contribution in [3.8, 4) is 0 Å². The molecule has 1 unspecified atom stereocenters. The van der Waals surface area contributed by atoms with Crippen molar-refractivity contribution < 1.29 is 51.4 Å². The Morgan fingerprint density at radius 3 is 2.00 bits per heavy atom. The van der Waals surface area contributed by atoms with Gasteiger partial charge in [-0.2, -0.15) is 0 Å². The van der Waals surface area contributed by atoms with Gasteiger partial charge in [-0.15, -0.1) is 13.1 Å². The van der Waals surface area contributed by atoms with Crippen molar-refractivity contribution in [1.82, 2.24) is 0 Å². The minimum Gasteiger partial charge on any atom is -0.662 e. The summed E-state index contributed by atoms with van der Waals surface area (Å²) in [5.41, 5.74) is 0. The van der Waals surface area contributed by atoms with Crippen molar-refractivity contribution in [3.63, 3.8) is 0 Å². The van der Waals surface area contributed by atoms with Crippen LogP contribution >= 0.6 is 0 Å². The number of nitrogens with zero attached hydrogens (tertiary/aromatic N) is 1. The minimum atomic E-state index is 0. The van der Waals surface area contributed by atoms with E-state index in [0.717, 1.165) is 19.0 Å². The third kappa shape index (κ3) is 7.49. The molecule has 0 spiro atoms. The quantitative estimate of drug-likeness (QED) is 0.414. The van der Waals surface area contributed by atoms with E-state index in [-0.39, 0.29) is 51.4 Å². The molecule has 0 aromatic rings. The maximum Gasteiger partial charge on any atom is 1.00 e. The second kappa shape index (κ2) is 9.60. The van der Waals surface area contributed by atoms with E-state index in [0.29, 0.717) is 0 Å². The second-order valence-corrected chi connectivity index (χ2v) is 2.02. The summed E-state index contributed by atoms with van der Waals surface area (Å²) < 4.78 is 0. The summed E-state index contributed by atoms with van der Waals surface area (Å²) in [6.45, 7) is 8.47. The van der Waals surface area contributed by atoms with E-state index < -0.39 is 0 Å². The summed E-state index contributed by atoms with van der Waals surface area (Å²) in [5, 5.41) is 4.16. The van der Waals surface area contributed by atoms with Crippen LogP contribution in [0.1, 0.15) is 27.2 Å². The molecule has 0 aromatic carbocycles. The number of hydrogen-bond acceptors (Lipinski definition) is 0. The Morgan fingerprint density at radius 2 is 1.89 bits per heavy atom. The molecule has 0 bridgehead atoms. The molecular formula is C7H16KN. The Labute approximate surface area is 101 Å². The van der Waals surface area contributed by atoms with Gasteiger partial charge in [-0.3, -0.25) is 0 Å². The zero-order valence-corrected chi connectivity index (χ0v) is 10.3. The van der Waals surface area contributed by atoms with Gasteiger partial charge < -0.3 is 5.32 Å². The first-order chi connectivity index (χ1) is 3.89. The van der Waals surface area contributed by atoms with Gasteiger partial charge in [-0.25, -0.2) is 0 Å². The van der Waals surface area contributed by atoms with E-state index in [2.05, 4.69) is 12.2 Å². The monoisotopic (exact) mass is 153 g/mol. The van der Waals surface area contributed by atoms with Crippen molar-refractivity contribution in [2.24, 2.45) is 5.92 Å². The van der Waals surface area contributed by atoms with Crippen LogP contribution in [0.5, 0.6) is 0 Å². The van der Waals surface area contributed by atoms with Crippen LogP contribution in [0, 0.1) is 5.92 Å². The third-order valence-corrected chi connectivity index (χ3v) is 1.22. The maximum absolute atomic E-state index is 4.16. The number of hydrogen-bond donors (Lipinski definition) is 0. The van der Waals surface area contributed by atoms with Crippen molar-refractivity contribution in [2.45, 2.75) is 27.2 Å². The Balaban J connectivity index is 0. The molecule has 9 heavy (non-hydrogen) atoms. The third-order valence-electron chi connectivity index (χ3n) is 1.22. The predicted octanol–water partition coefficient (Wildman–Crippen LogP) is -0.570. The fraction of sp³-hybridized carbons (Fsp3) is 1.00. The molecule has 0 N–H and O–H groups in total. The van der Waals surface area contributed by atoms with E-state index in [4.69, 9.17) is 0 Å². The summed E-state index contributed by atoms with van der Waals surface area (Å²) in [6, 6.07) is 0. The van der Waals surface area contributed by atoms with Crippen LogP contribution in [0.15, 0.2) is 0 Å². The van der Waals surface area contributed by atoms with Gasteiger partial charge in [-0.05, 0) is 0 Å². The average Bonchev–Trinajstić information content (AvgIpc) is 2.24. The molecule has 0 saturated carbocycles. The molecule has 0 radical (unpaired) electrons. The largest absolute Gasteiger partial charge is 1.00 e. The van der Waals surface area contributed by atoms with Gasteiger partial charge in [0.1, 0.15) is 0 Å². The molecule has 1 rings (SSSR count). The fourth-order valence-corrected chi connectivity index (χ4v) is 0.715. The van der Waals surface area contributed by atoms with E-state index in [1.54, 1.807) is 0 Å². The maximum atomic E-state index is 4.16. The summed E-state index contributed by atoms with van der Waals surface area (Å²) in [5.74, 6) is 0.880. The molecular weight excluding hydrogens is 137 g/mol. The Morgan fingerprint density at radius 1 is 1.33 bits per heavy atom. The van der Waals surface area contributed by atoms with Crippen molar-refractivity contribution in [1.29, 1.82) is 0 Å². The van der Waals surface area contributed by atoms with Crippen molar-refractivity contribution >= 4 is 0 Å². The first kappa shape index (κ1) is 13.2. The predicted molar refractivity (Wildman–Crippen MR) is 38.2 cm³/mol. The van der Waals surface area contributed by atoms with Crippen molar-refractivity contribution in [3.05, 3.63) is 5.32 Å². The molecule has 1 aliphatic rings. The van der Waals surface area contributed by atoms with Crippen LogP contribution < -0.4 is 51.4 Å². The van der Waals surface area contributed by atoms with Crippen LogP contribution in [0.3, 0.4) is 0 Å². The van der Waals surface area contributed by atoms with Crippen LogP contribution in [0.25, 0.3) is 5.32 Å². The summed E-state index contributed by atoms with van der Waals surface area (Å²) >= 11 is 0. The van der Waals surface area contributed by atoms with Gasteiger partial charge in [-0.1, -0.05) is 33.1 Å². The first-order valence-corrected chi connectivity index (χ1v) is 3.53. The molecule has 1 saturated heterocycles. The fourth-order valence-electron chi connectivity index (χ4n) is 0.715. The Hall–Kier alpha value is 1.60. The molecule has 0 amide bonds. The number of rotatable bonds is 0. The second-order valence-electron chi connectivity index (χ2n) is 2.02. The van der Waals surface area contributed by atoms with Crippen LogP contribution in [-0.4, -0.2) is 13.1 Å². The summed E-state index contributed by atoms with van der Waals surface area (Å²) in [4.78, 5) is 0. The first-order valence-electron chi connectivity index (χ1n) is 3.53. The topological polar surface area (TPSA) is 14.1 Å². The molecule has 0 aliphatic carbocycles. The molecule has 1 heterocycles. The van der Waals surface area contributed by atoms with E-state index in [9.17, 15) is 0 Å². The molecule has 1 atom stereocenters. The zero-order valence-electron chi connectivity index (χ0n) is 7.15. The standard InChI is InChI=1S/C5H10N.C2H6.K/c1-5-2-3-6-4-5;1-2;/h5H,2-4H2,1H3;1-2H3;/q-1;;+1. The average molecular weight is 153 g/mol. The summed E-state index contributed by atoms with van der Waals surface area (Å²) in [6.07, 6.45) is 1.32. The summed E-state index contributed by atoms with van der Waals surface area (Å²) in [7, 11) is 0. The molecule has 50 valence electrons. The van der Waals surface area contributed by atoms with Gasteiger partial charge in [0.05, 0.1) is 0 Å². The Kier molecular flexibility index (Phi) is 14.1. The van der Waals surface area contributed by atoms with E-state index in [1.165, 1.54) is 6.42 Å². The van der Waals surface area contributed by atoms with E-state index >= 15 is 0 Å².